The zero-order chi connectivity index (χ0) is 14.0. The molecule has 2 nitrogen and oxygen atoms in total. The molecule has 3 rings (SSSR count). The fraction of sp³-hybridized carbons (Fsp3) is 0.625. The Morgan fingerprint density at radius 3 is 2.80 bits per heavy atom. The van der Waals surface area contributed by atoms with Crippen LogP contribution in [0.25, 0.3) is 0 Å². The van der Waals surface area contributed by atoms with Gasteiger partial charge in [-0.3, -0.25) is 0 Å². The Kier molecular flexibility index (Phi) is 4.58. The lowest BCUT2D eigenvalue weighted by atomic mass is 9.83. The third kappa shape index (κ3) is 3.32. The van der Waals surface area contributed by atoms with E-state index in [0.717, 1.165) is 21.7 Å². The predicted molar refractivity (Wildman–Crippen MR) is 87.6 cm³/mol. The fourth-order valence-corrected chi connectivity index (χ4v) is 4.28. The lowest BCUT2D eigenvalue weighted by molar-refractivity contribution is -0.0588. The van der Waals surface area contributed by atoms with Crippen LogP contribution < -0.4 is 5.32 Å². The molecule has 1 N–H and O–H groups in total. The smallest absolute Gasteiger partial charge is 0.0756 e. The van der Waals surface area contributed by atoms with E-state index < -0.39 is 0 Å². The third-order valence-electron chi connectivity index (χ3n) is 4.55. The van der Waals surface area contributed by atoms with Crippen LogP contribution in [0.4, 0.5) is 5.69 Å². The molecule has 1 aliphatic carbocycles. The Labute approximate surface area is 134 Å². The van der Waals surface area contributed by atoms with Crippen LogP contribution in [0.1, 0.15) is 44.9 Å². The molecule has 1 unspecified atom stereocenters. The summed E-state index contributed by atoms with van der Waals surface area (Å²) >= 11 is 9.50. The first-order chi connectivity index (χ1) is 9.67. The summed E-state index contributed by atoms with van der Waals surface area (Å²) in [6.45, 7) is 0.877. The van der Waals surface area contributed by atoms with E-state index in [1.807, 2.05) is 18.2 Å². The van der Waals surface area contributed by atoms with E-state index in [0.29, 0.717) is 6.10 Å². The van der Waals surface area contributed by atoms with Crippen LogP contribution in [-0.2, 0) is 4.74 Å². The molecule has 1 aliphatic heterocycles. The van der Waals surface area contributed by atoms with Crippen LogP contribution in [0.2, 0.25) is 5.02 Å². The average Bonchev–Trinajstić information content (AvgIpc) is 2.82. The number of benzene rings is 1. The highest BCUT2D eigenvalue weighted by atomic mass is 79.9. The molecule has 0 aromatic heterocycles. The van der Waals surface area contributed by atoms with Gasteiger partial charge in [-0.05, 0) is 59.8 Å². The van der Waals surface area contributed by atoms with Gasteiger partial charge < -0.3 is 10.1 Å². The maximum absolute atomic E-state index is 6.37. The van der Waals surface area contributed by atoms with Crippen LogP contribution >= 0.6 is 27.5 Å². The maximum Gasteiger partial charge on any atom is 0.0756 e. The number of halogens is 2. The zero-order valence-electron chi connectivity index (χ0n) is 11.6. The summed E-state index contributed by atoms with van der Waals surface area (Å²) < 4.78 is 7.38. The van der Waals surface area contributed by atoms with Gasteiger partial charge in [-0.25, -0.2) is 0 Å². The molecular formula is C16H21BrClNO. The lowest BCUT2D eigenvalue weighted by Crippen LogP contribution is -2.33. The summed E-state index contributed by atoms with van der Waals surface area (Å²) in [4.78, 5) is 0. The lowest BCUT2D eigenvalue weighted by Gasteiger charge is -2.33. The second kappa shape index (κ2) is 6.25. The van der Waals surface area contributed by atoms with Crippen molar-refractivity contribution in [3.8, 4) is 0 Å². The summed E-state index contributed by atoms with van der Waals surface area (Å²) in [5.74, 6) is 0. The molecule has 1 saturated carbocycles. The van der Waals surface area contributed by atoms with Crippen molar-refractivity contribution in [2.24, 2.45) is 0 Å². The van der Waals surface area contributed by atoms with Gasteiger partial charge in [-0.2, -0.15) is 0 Å². The summed E-state index contributed by atoms with van der Waals surface area (Å²) in [6, 6.07) is 5.84. The van der Waals surface area contributed by atoms with E-state index >= 15 is 0 Å². The van der Waals surface area contributed by atoms with Gasteiger partial charge in [0.15, 0.2) is 0 Å². The Morgan fingerprint density at radius 1 is 1.25 bits per heavy atom. The summed E-state index contributed by atoms with van der Waals surface area (Å²) in [5.41, 5.74) is 1.30. The minimum absolute atomic E-state index is 0.210. The van der Waals surface area contributed by atoms with Gasteiger partial charge in [0.1, 0.15) is 0 Å². The summed E-state index contributed by atoms with van der Waals surface area (Å²) in [6.07, 6.45) is 9.33. The number of hydrogen-bond acceptors (Lipinski definition) is 2. The molecule has 1 aromatic carbocycles. The fourth-order valence-electron chi connectivity index (χ4n) is 3.46. The molecule has 1 saturated heterocycles. The summed E-state index contributed by atoms with van der Waals surface area (Å²) in [7, 11) is 0. The quantitative estimate of drug-likeness (QED) is 0.781. The molecule has 0 radical (unpaired) electrons. The van der Waals surface area contributed by atoms with E-state index in [1.165, 1.54) is 44.9 Å². The Hall–Kier alpha value is -0.250. The molecule has 110 valence electrons. The highest BCUT2D eigenvalue weighted by Crippen LogP contribution is 2.42. The van der Waals surface area contributed by atoms with Crippen molar-refractivity contribution >= 4 is 33.2 Å². The Bertz CT molecular complexity index is 474. The topological polar surface area (TPSA) is 21.3 Å². The van der Waals surface area contributed by atoms with Gasteiger partial charge >= 0.3 is 0 Å². The van der Waals surface area contributed by atoms with Crippen molar-refractivity contribution in [2.45, 2.75) is 56.7 Å². The number of anilines is 1. The highest BCUT2D eigenvalue weighted by molar-refractivity contribution is 9.10. The van der Waals surface area contributed by atoms with E-state index in [1.54, 1.807) is 0 Å². The van der Waals surface area contributed by atoms with Crippen molar-refractivity contribution in [1.82, 2.24) is 0 Å². The van der Waals surface area contributed by atoms with Gasteiger partial charge in [0, 0.05) is 21.7 Å². The predicted octanol–water partition coefficient (Wildman–Crippen LogP) is 5.40. The molecule has 2 aliphatic rings. The van der Waals surface area contributed by atoms with Crippen molar-refractivity contribution in [2.75, 3.05) is 11.9 Å². The molecule has 0 amide bonds. The number of rotatable bonds is 3. The van der Waals surface area contributed by atoms with E-state index in [4.69, 9.17) is 16.3 Å². The minimum Gasteiger partial charge on any atom is -0.382 e. The Balaban J connectivity index is 1.54. The molecule has 4 heteroatoms. The molecule has 1 aromatic rings. The molecule has 1 atom stereocenters. The standard InChI is InChI=1S/C16H21BrClNO/c17-14-10-12(18)4-5-15(14)19-11-13-6-9-16(20-13)7-2-1-3-8-16/h4-5,10,13,19H,1-3,6-9,11H2. The van der Waals surface area contributed by atoms with E-state index in [2.05, 4.69) is 21.2 Å². The van der Waals surface area contributed by atoms with Gasteiger partial charge in [-0.1, -0.05) is 30.9 Å². The number of ether oxygens (including phenoxy) is 1. The van der Waals surface area contributed by atoms with Gasteiger partial charge in [0.25, 0.3) is 0 Å². The molecule has 1 heterocycles. The molecule has 2 fully saturated rings. The van der Waals surface area contributed by atoms with Gasteiger partial charge in [0.2, 0.25) is 0 Å². The van der Waals surface area contributed by atoms with Crippen LogP contribution in [0.15, 0.2) is 22.7 Å². The first-order valence-corrected chi connectivity index (χ1v) is 8.71. The second-order valence-electron chi connectivity index (χ2n) is 6.03. The van der Waals surface area contributed by atoms with Gasteiger partial charge in [-0.15, -0.1) is 0 Å². The first kappa shape index (κ1) is 14.7. The molecule has 0 bridgehead atoms. The largest absolute Gasteiger partial charge is 0.382 e. The van der Waals surface area contributed by atoms with E-state index in [9.17, 15) is 0 Å². The minimum atomic E-state index is 0.210. The maximum atomic E-state index is 6.37. The van der Waals surface area contributed by atoms with E-state index in [-0.39, 0.29) is 5.60 Å². The third-order valence-corrected chi connectivity index (χ3v) is 5.45. The molecular weight excluding hydrogens is 338 g/mol. The van der Waals surface area contributed by atoms with Crippen molar-refractivity contribution in [3.05, 3.63) is 27.7 Å². The SMILES string of the molecule is Clc1ccc(NCC2CCC3(CCCCC3)O2)c(Br)c1. The molecule has 20 heavy (non-hydrogen) atoms. The zero-order valence-corrected chi connectivity index (χ0v) is 14.0. The van der Waals surface area contributed by atoms with Crippen molar-refractivity contribution in [1.29, 1.82) is 0 Å². The van der Waals surface area contributed by atoms with Crippen LogP contribution in [0, 0.1) is 0 Å². The second-order valence-corrected chi connectivity index (χ2v) is 7.32. The van der Waals surface area contributed by atoms with Gasteiger partial charge in [0.05, 0.1) is 11.7 Å². The highest BCUT2D eigenvalue weighted by Gasteiger charge is 2.40. The van der Waals surface area contributed by atoms with Crippen LogP contribution in [-0.4, -0.2) is 18.2 Å². The first-order valence-electron chi connectivity index (χ1n) is 7.54. The van der Waals surface area contributed by atoms with Crippen molar-refractivity contribution < 1.29 is 4.74 Å². The monoisotopic (exact) mass is 357 g/mol. The number of nitrogens with one attached hydrogen (secondary N) is 1. The average molecular weight is 359 g/mol. The van der Waals surface area contributed by atoms with Crippen LogP contribution in [0.3, 0.4) is 0 Å². The Morgan fingerprint density at radius 2 is 2.05 bits per heavy atom. The normalized spacial score (nSPS) is 25.0. The summed E-state index contributed by atoms with van der Waals surface area (Å²) in [5, 5.41) is 4.22. The van der Waals surface area contributed by atoms with Crippen molar-refractivity contribution in [3.63, 3.8) is 0 Å². The van der Waals surface area contributed by atoms with Crippen LogP contribution in [0.5, 0.6) is 0 Å². The molecule has 1 spiro atoms. The number of hydrogen-bond donors (Lipinski definition) is 1.